The molecule has 0 fully saturated rings. The Morgan fingerprint density at radius 3 is 2.54 bits per heavy atom. The van der Waals surface area contributed by atoms with E-state index in [1.807, 2.05) is 51.4 Å². The van der Waals surface area contributed by atoms with E-state index < -0.39 is 0 Å². The van der Waals surface area contributed by atoms with Gasteiger partial charge in [0.15, 0.2) is 5.65 Å². The molecule has 0 saturated heterocycles. The Hall–Kier alpha value is -3.12. The SMILES string of the molecule is CC.COCCc1ccc(-c2c(C)nc3c(-c4cccnc4)nccn23)cn1. The third-order valence-electron chi connectivity index (χ3n) is 4.31. The first-order valence-electron chi connectivity index (χ1n) is 9.46. The Labute approximate surface area is 165 Å². The Kier molecular flexibility index (Phi) is 6.45. The van der Waals surface area contributed by atoms with Crippen molar-refractivity contribution >= 4 is 5.65 Å². The zero-order valence-corrected chi connectivity index (χ0v) is 16.8. The van der Waals surface area contributed by atoms with Crippen molar-refractivity contribution in [1.82, 2.24) is 24.3 Å². The third kappa shape index (κ3) is 3.92. The van der Waals surface area contributed by atoms with Gasteiger partial charge in [-0.2, -0.15) is 0 Å². The summed E-state index contributed by atoms with van der Waals surface area (Å²) in [5, 5.41) is 0. The van der Waals surface area contributed by atoms with Crippen LogP contribution in [0.25, 0.3) is 28.2 Å². The van der Waals surface area contributed by atoms with E-state index in [1.165, 1.54) is 0 Å². The van der Waals surface area contributed by atoms with E-state index in [1.54, 1.807) is 25.7 Å². The van der Waals surface area contributed by atoms with Crippen LogP contribution in [-0.4, -0.2) is 38.1 Å². The van der Waals surface area contributed by atoms with E-state index in [0.29, 0.717) is 6.61 Å². The van der Waals surface area contributed by atoms with E-state index >= 15 is 0 Å². The lowest BCUT2D eigenvalue weighted by molar-refractivity contribution is 0.201. The molecule has 4 aromatic rings. The smallest absolute Gasteiger partial charge is 0.164 e. The maximum Gasteiger partial charge on any atom is 0.164 e. The second kappa shape index (κ2) is 9.19. The molecule has 0 aliphatic heterocycles. The molecule has 0 aromatic carbocycles. The van der Waals surface area contributed by atoms with Crippen LogP contribution in [0.2, 0.25) is 0 Å². The second-order valence-electron chi connectivity index (χ2n) is 6.04. The summed E-state index contributed by atoms with van der Waals surface area (Å²) in [7, 11) is 1.70. The van der Waals surface area contributed by atoms with Crippen molar-refractivity contribution in [2.75, 3.05) is 13.7 Å². The topological polar surface area (TPSA) is 65.2 Å². The zero-order valence-electron chi connectivity index (χ0n) is 16.8. The molecule has 0 bridgehead atoms. The Bertz CT molecular complexity index is 1030. The van der Waals surface area contributed by atoms with Gasteiger partial charge in [0.1, 0.15) is 5.69 Å². The molecule has 6 nitrogen and oxygen atoms in total. The maximum atomic E-state index is 5.11. The van der Waals surface area contributed by atoms with Crippen LogP contribution in [0, 0.1) is 6.92 Å². The highest BCUT2D eigenvalue weighted by Crippen LogP contribution is 2.28. The predicted molar refractivity (Wildman–Crippen MR) is 111 cm³/mol. The molecule has 6 heteroatoms. The van der Waals surface area contributed by atoms with Gasteiger partial charge in [0.25, 0.3) is 0 Å². The van der Waals surface area contributed by atoms with Crippen molar-refractivity contribution in [3.8, 4) is 22.5 Å². The monoisotopic (exact) mass is 375 g/mol. The van der Waals surface area contributed by atoms with E-state index in [4.69, 9.17) is 9.72 Å². The fourth-order valence-electron chi connectivity index (χ4n) is 3.06. The maximum absolute atomic E-state index is 5.11. The molecular weight excluding hydrogens is 350 g/mol. The lowest BCUT2D eigenvalue weighted by Gasteiger charge is -2.06. The number of nitrogens with zero attached hydrogens (tertiary/aromatic N) is 5. The van der Waals surface area contributed by atoms with Crippen LogP contribution in [0.15, 0.2) is 55.2 Å². The van der Waals surface area contributed by atoms with Gasteiger partial charge in [-0.1, -0.05) is 13.8 Å². The fourth-order valence-corrected chi connectivity index (χ4v) is 3.06. The average molecular weight is 375 g/mol. The molecule has 4 aromatic heterocycles. The molecule has 0 saturated carbocycles. The minimum atomic E-state index is 0.668. The lowest BCUT2D eigenvalue weighted by atomic mass is 10.1. The summed E-state index contributed by atoms with van der Waals surface area (Å²) in [6.07, 6.45) is 9.98. The minimum absolute atomic E-state index is 0.668. The summed E-state index contributed by atoms with van der Waals surface area (Å²) in [4.78, 5) is 18.0. The van der Waals surface area contributed by atoms with Crippen molar-refractivity contribution in [3.05, 3.63) is 66.6 Å². The van der Waals surface area contributed by atoms with Crippen LogP contribution >= 0.6 is 0 Å². The molecule has 4 rings (SSSR count). The van der Waals surface area contributed by atoms with Gasteiger partial charge < -0.3 is 4.74 Å². The highest BCUT2D eigenvalue weighted by Gasteiger charge is 2.15. The zero-order chi connectivity index (χ0) is 19.9. The first-order valence-corrected chi connectivity index (χ1v) is 9.46. The molecule has 0 spiro atoms. The largest absolute Gasteiger partial charge is 0.384 e. The van der Waals surface area contributed by atoms with E-state index in [9.17, 15) is 0 Å². The fraction of sp³-hybridized carbons (Fsp3) is 0.273. The van der Waals surface area contributed by atoms with Crippen molar-refractivity contribution in [3.63, 3.8) is 0 Å². The second-order valence-corrected chi connectivity index (χ2v) is 6.04. The number of aromatic nitrogens is 5. The van der Waals surface area contributed by atoms with Crippen molar-refractivity contribution < 1.29 is 4.74 Å². The first-order chi connectivity index (χ1) is 13.8. The molecular formula is C22H25N5O. The van der Waals surface area contributed by atoms with Gasteiger partial charge >= 0.3 is 0 Å². The van der Waals surface area contributed by atoms with Crippen molar-refractivity contribution in [2.45, 2.75) is 27.2 Å². The standard InChI is InChI=1S/C20H19N5O.C2H6/c1-14-19(16-5-6-17(23-13-16)7-11-26-2)25-10-9-22-18(20(25)24-14)15-4-3-8-21-12-15;1-2/h3-6,8-10,12-13H,7,11H2,1-2H3;1-2H3. The average Bonchev–Trinajstić information content (AvgIpc) is 3.10. The Morgan fingerprint density at radius 1 is 1.00 bits per heavy atom. The Balaban J connectivity index is 0.00000109. The lowest BCUT2D eigenvalue weighted by Crippen LogP contribution is -1.98. The molecule has 0 atom stereocenters. The molecule has 0 radical (unpaired) electrons. The van der Waals surface area contributed by atoms with Crippen LogP contribution in [0.1, 0.15) is 25.2 Å². The van der Waals surface area contributed by atoms with Gasteiger partial charge in [0.2, 0.25) is 0 Å². The summed E-state index contributed by atoms with van der Waals surface area (Å²) >= 11 is 0. The number of methoxy groups -OCH3 is 1. The van der Waals surface area contributed by atoms with Crippen LogP contribution in [0.3, 0.4) is 0 Å². The number of pyridine rings is 2. The number of imidazole rings is 1. The summed E-state index contributed by atoms with van der Waals surface area (Å²) in [6.45, 7) is 6.68. The minimum Gasteiger partial charge on any atom is -0.384 e. The molecule has 0 N–H and O–H groups in total. The summed E-state index contributed by atoms with van der Waals surface area (Å²) in [5.74, 6) is 0. The van der Waals surface area contributed by atoms with E-state index in [0.717, 1.165) is 46.0 Å². The van der Waals surface area contributed by atoms with Crippen molar-refractivity contribution in [2.24, 2.45) is 0 Å². The van der Waals surface area contributed by atoms with Gasteiger partial charge in [-0.05, 0) is 31.2 Å². The molecule has 0 unspecified atom stereocenters. The normalized spacial score (nSPS) is 10.6. The van der Waals surface area contributed by atoms with Gasteiger partial charge in [-0.3, -0.25) is 19.4 Å². The first kappa shape index (κ1) is 19.6. The van der Waals surface area contributed by atoms with Crippen LogP contribution in [-0.2, 0) is 11.2 Å². The number of aryl methyl sites for hydroxylation is 1. The number of rotatable bonds is 5. The predicted octanol–water partition coefficient (Wildman–Crippen LogP) is 4.38. The quantitative estimate of drug-likeness (QED) is 0.518. The highest BCUT2D eigenvalue weighted by atomic mass is 16.5. The van der Waals surface area contributed by atoms with Gasteiger partial charge in [-0.25, -0.2) is 4.98 Å². The van der Waals surface area contributed by atoms with Gasteiger partial charge in [-0.15, -0.1) is 0 Å². The van der Waals surface area contributed by atoms with Crippen LogP contribution in [0.4, 0.5) is 0 Å². The van der Waals surface area contributed by atoms with Gasteiger partial charge in [0, 0.05) is 61.3 Å². The molecule has 28 heavy (non-hydrogen) atoms. The number of fused-ring (bicyclic) bond motifs is 1. The van der Waals surface area contributed by atoms with Crippen LogP contribution < -0.4 is 0 Å². The molecule has 0 aliphatic carbocycles. The highest BCUT2D eigenvalue weighted by molar-refractivity contribution is 5.77. The third-order valence-corrected chi connectivity index (χ3v) is 4.31. The molecule has 144 valence electrons. The Morgan fingerprint density at radius 2 is 1.86 bits per heavy atom. The van der Waals surface area contributed by atoms with Crippen molar-refractivity contribution in [1.29, 1.82) is 0 Å². The number of ether oxygens (including phenoxy) is 1. The van der Waals surface area contributed by atoms with Gasteiger partial charge in [0.05, 0.1) is 18.0 Å². The van der Waals surface area contributed by atoms with Crippen LogP contribution in [0.5, 0.6) is 0 Å². The number of hydrogen-bond acceptors (Lipinski definition) is 5. The molecule has 0 aliphatic rings. The number of hydrogen-bond donors (Lipinski definition) is 0. The summed E-state index contributed by atoms with van der Waals surface area (Å²) in [5.41, 5.74) is 6.59. The summed E-state index contributed by atoms with van der Waals surface area (Å²) < 4.78 is 7.18. The van der Waals surface area contributed by atoms with E-state index in [2.05, 4.69) is 25.4 Å². The summed E-state index contributed by atoms with van der Waals surface area (Å²) in [6, 6.07) is 8.01. The van der Waals surface area contributed by atoms with E-state index in [-0.39, 0.29) is 0 Å². The molecule has 0 amide bonds. The molecule has 4 heterocycles.